The Labute approximate surface area is 129 Å². The van der Waals surface area contributed by atoms with E-state index in [0.717, 1.165) is 42.0 Å². The van der Waals surface area contributed by atoms with Crippen LogP contribution in [0.25, 0.3) is 0 Å². The summed E-state index contributed by atoms with van der Waals surface area (Å²) >= 11 is 0. The van der Waals surface area contributed by atoms with Crippen LogP contribution in [0.15, 0.2) is 11.6 Å². The first-order valence-electron chi connectivity index (χ1n) is 9.24. The molecule has 3 fully saturated rings. The summed E-state index contributed by atoms with van der Waals surface area (Å²) in [5.74, 6) is 3.58. The molecule has 0 spiro atoms. The van der Waals surface area contributed by atoms with Gasteiger partial charge in [-0.05, 0) is 85.0 Å². The maximum Gasteiger partial charge on any atom is 0.145 e. The van der Waals surface area contributed by atoms with Crippen molar-refractivity contribution in [1.82, 2.24) is 0 Å². The number of allylic oxidation sites excluding steroid dienone is 2. The first-order chi connectivity index (χ1) is 10.1. The van der Waals surface area contributed by atoms with Gasteiger partial charge in [0.2, 0.25) is 0 Å². The van der Waals surface area contributed by atoms with Crippen molar-refractivity contribution in [3.63, 3.8) is 0 Å². The van der Waals surface area contributed by atoms with Gasteiger partial charge in [0.15, 0.2) is 0 Å². The molecule has 0 N–H and O–H groups in total. The highest BCUT2D eigenvalue weighted by molar-refractivity contribution is 5.74. The van der Waals surface area contributed by atoms with Gasteiger partial charge in [0.25, 0.3) is 0 Å². The monoisotopic (exact) mass is 286 g/mol. The first kappa shape index (κ1) is 14.0. The zero-order chi connectivity index (χ0) is 14.7. The van der Waals surface area contributed by atoms with Crippen molar-refractivity contribution in [2.45, 2.75) is 71.6 Å². The van der Waals surface area contributed by atoms with E-state index in [1.807, 2.05) is 0 Å². The van der Waals surface area contributed by atoms with Crippen molar-refractivity contribution in [3.8, 4) is 0 Å². The van der Waals surface area contributed by atoms with Gasteiger partial charge in [-0.25, -0.2) is 0 Å². The van der Waals surface area contributed by atoms with Crippen molar-refractivity contribution in [1.29, 1.82) is 0 Å². The average Bonchev–Trinajstić information content (AvgIpc) is 2.83. The molecule has 0 saturated heterocycles. The summed E-state index contributed by atoms with van der Waals surface area (Å²) in [5.41, 5.74) is 2.04. The third kappa shape index (κ3) is 1.92. The Balaban J connectivity index is 1.64. The topological polar surface area (TPSA) is 17.1 Å². The van der Waals surface area contributed by atoms with E-state index in [4.69, 9.17) is 0 Å². The number of fused-ring (bicyclic) bond motifs is 5. The molecule has 0 amide bonds. The predicted octanol–water partition coefficient (Wildman–Crippen LogP) is 5.15. The van der Waals surface area contributed by atoms with Gasteiger partial charge in [-0.2, -0.15) is 0 Å². The van der Waals surface area contributed by atoms with Crippen LogP contribution in [0.4, 0.5) is 0 Å². The fourth-order valence-electron chi connectivity index (χ4n) is 7.03. The van der Waals surface area contributed by atoms with Crippen LogP contribution in [0.5, 0.6) is 0 Å². The Hall–Kier alpha value is -0.590. The van der Waals surface area contributed by atoms with Crippen LogP contribution in [0.1, 0.15) is 71.6 Å². The second-order valence-electron chi connectivity index (χ2n) is 8.99. The Bertz CT molecular complexity index is 478. The summed E-state index contributed by atoms with van der Waals surface area (Å²) < 4.78 is 0. The van der Waals surface area contributed by atoms with Crippen LogP contribution in [0.3, 0.4) is 0 Å². The van der Waals surface area contributed by atoms with Gasteiger partial charge in [-0.1, -0.05) is 32.8 Å². The molecule has 0 aliphatic heterocycles. The summed E-state index contributed by atoms with van der Waals surface area (Å²) in [6.45, 7) is 5.05. The number of hydrogen-bond acceptors (Lipinski definition) is 1. The maximum absolute atomic E-state index is 11.3. The third-order valence-electron chi connectivity index (χ3n) is 8.14. The van der Waals surface area contributed by atoms with E-state index in [2.05, 4.69) is 19.9 Å². The molecule has 4 rings (SSSR count). The molecule has 1 heteroatoms. The Kier molecular flexibility index (Phi) is 3.14. The number of hydrogen-bond donors (Lipinski definition) is 0. The second-order valence-corrected chi connectivity index (χ2v) is 8.99. The van der Waals surface area contributed by atoms with Gasteiger partial charge in [-0.15, -0.1) is 0 Å². The normalized spacial score (nSPS) is 52.4. The number of aldehydes is 1. The molecule has 0 radical (unpaired) electrons. The molecule has 21 heavy (non-hydrogen) atoms. The van der Waals surface area contributed by atoms with Crippen LogP contribution in [0.2, 0.25) is 0 Å². The fourth-order valence-corrected chi connectivity index (χ4v) is 7.03. The molecule has 1 nitrogen and oxygen atoms in total. The van der Waals surface area contributed by atoms with Crippen LogP contribution in [-0.4, -0.2) is 6.29 Å². The zero-order valence-corrected chi connectivity index (χ0v) is 13.7. The molecule has 0 bridgehead atoms. The Morgan fingerprint density at radius 1 is 1.05 bits per heavy atom. The number of rotatable bonds is 1. The number of carbonyl (C=O) groups is 1. The highest BCUT2D eigenvalue weighted by Gasteiger charge is 2.56. The molecule has 116 valence electrons. The molecule has 4 aliphatic rings. The standard InChI is InChI=1S/C20H30O/c1-19-10-8-17-16(18(19)11-14(12-19)13-21)7-6-15-5-3-4-9-20(15,17)2/h12-13,15-18H,3-11H2,1-2H3. The highest BCUT2D eigenvalue weighted by atomic mass is 16.1. The zero-order valence-electron chi connectivity index (χ0n) is 13.7. The third-order valence-corrected chi connectivity index (χ3v) is 8.14. The molecule has 0 aromatic heterocycles. The lowest BCUT2D eigenvalue weighted by Crippen LogP contribution is -2.51. The van der Waals surface area contributed by atoms with Gasteiger partial charge < -0.3 is 0 Å². The summed E-state index contributed by atoms with van der Waals surface area (Å²) in [4.78, 5) is 11.3. The summed E-state index contributed by atoms with van der Waals surface area (Å²) in [6.07, 6.45) is 16.0. The van der Waals surface area contributed by atoms with E-state index in [0.29, 0.717) is 10.8 Å². The van der Waals surface area contributed by atoms with E-state index >= 15 is 0 Å². The van der Waals surface area contributed by atoms with Gasteiger partial charge in [0, 0.05) is 0 Å². The van der Waals surface area contributed by atoms with Gasteiger partial charge >= 0.3 is 0 Å². The minimum absolute atomic E-state index is 0.329. The van der Waals surface area contributed by atoms with Crippen molar-refractivity contribution >= 4 is 6.29 Å². The average molecular weight is 286 g/mol. The van der Waals surface area contributed by atoms with Crippen LogP contribution >= 0.6 is 0 Å². The highest BCUT2D eigenvalue weighted by Crippen LogP contribution is 2.65. The van der Waals surface area contributed by atoms with Crippen molar-refractivity contribution in [2.75, 3.05) is 0 Å². The number of carbonyl (C=O) groups excluding carboxylic acids is 1. The SMILES string of the molecule is CC12C=C(C=O)CC1C1CCC3CCCCC3(C)C1CC2. The molecule has 0 heterocycles. The summed E-state index contributed by atoms with van der Waals surface area (Å²) in [5, 5.41) is 0. The minimum atomic E-state index is 0.329. The van der Waals surface area contributed by atoms with Crippen molar-refractivity contribution < 1.29 is 4.79 Å². The Morgan fingerprint density at radius 3 is 2.71 bits per heavy atom. The molecule has 0 aromatic carbocycles. The van der Waals surface area contributed by atoms with Gasteiger partial charge in [0.05, 0.1) is 0 Å². The molecule has 0 aromatic rings. The first-order valence-corrected chi connectivity index (χ1v) is 9.24. The van der Waals surface area contributed by atoms with Crippen LogP contribution in [0, 0.1) is 34.5 Å². The van der Waals surface area contributed by atoms with Crippen molar-refractivity contribution in [3.05, 3.63) is 11.6 Å². The quantitative estimate of drug-likeness (QED) is 0.609. The van der Waals surface area contributed by atoms with E-state index in [9.17, 15) is 4.79 Å². The molecular weight excluding hydrogens is 256 g/mol. The molecular formula is C20H30O. The lowest BCUT2D eigenvalue weighted by Gasteiger charge is -2.59. The van der Waals surface area contributed by atoms with Gasteiger partial charge in [-0.3, -0.25) is 4.79 Å². The molecule has 4 aliphatic carbocycles. The van der Waals surface area contributed by atoms with E-state index < -0.39 is 0 Å². The molecule has 6 unspecified atom stereocenters. The molecule has 6 atom stereocenters. The smallest absolute Gasteiger partial charge is 0.145 e. The largest absolute Gasteiger partial charge is 0.298 e. The summed E-state index contributed by atoms with van der Waals surface area (Å²) in [6, 6.07) is 0. The van der Waals surface area contributed by atoms with Crippen molar-refractivity contribution in [2.24, 2.45) is 34.5 Å². The van der Waals surface area contributed by atoms with E-state index in [1.165, 1.54) is 51.4 Å². The lowest BCUT2D eigenvalue weighted by atomic mass is 9.45. The second kappa shape index (κ2) is 4.70. The molecule has 3 saturated carbocycles. The Morgan fingerprint density at radius 2 is 1.90 bits per heavy atom. The minimum Gasteiger partial charge on any atom is -0.298 e. The van der Waals surface area contributed by atoms with Gasteiger partial charge in [0.1, 0.15) is 6.29 Å². The van der Waals surface area contributed by atoms with E-state index in [-0.39, 0.29) is 0 Å². The van der Waals surface area contributed by atoms with Crippen LogP contribution in [-0.2, 0) is 4.79 Å². The summed E-state index contributed by atoms with van der Waals surface area (Å²) in [7, 11) is 0. The fraction of sp³-hybridized carbons (Fsp3) is 0.850. The van der Waals surface area contributed by atoms with Crippen LogP contribution < -0.4 is 0 Å². The lowest BCUT2D eigenvalue weighted by molar-refractivity contribution is -0.105. The maximum atomic E-state index is 11.3. The van der Waals surface area contributed by atoms with E-state index in [1.54, 1.807) is 0 Å². The predicted molar refractivity (Wildman–Crippen MR) is 85.9 cm³/mol.